The fourth-order valence-electron chi connectivity index (χ4n) is 1.54. The minimum Gasteiger partial charge on any atom is -0.443 e. The van der Waals surface area contributed by atoms with E-state index in [2.05, 4.69) is 20.9 Å². The molecule has 0 N–H and O–H groups in total. The first kappa shape index (κ1) is 15.9. The quantitative estimate of drug-likeness (QED) is 0.734. The molecule has 0 radical (unpaired) electrons. The highest BCUT2D eigenvalue weighted by molar-refractivity contribution is 9.10. The van der Waals surface area contributed by atoms with Crippen LogP contribution in [0.3, 0.4) is 0 Å². The highest BCUT2D eigenvalue weighted by atomic mass is 79.9. The molecule has 0 aliphatic carbocycles. The zero-order chi connectivity index (χ0) is 15.6. The van der Waals surface area contributed by atoms with Crippen LogP contribution < -0.4 is 4.90 Å². The summed E-state index contributed by atoms with van der Waals surface area (Å²) in [6.45, 7) is 5.35. The number of carbonyl (C=O) groups is 1. The maximum absolute atomic E-state index is 13.1. The standard InChI is InChI=1S/C14H14BrFN2O2S/c1-14(2,3)20-13(19)18(12-17-11(15)8-21-12)10-6-4-9(16)5-7-10/h4-8H,1-3H3. The second-order valence-electron chi connectivity index (χ2n) is 5.24. The number of carbonyl (C=O) groups excluding carboxylic acids is 1. The summed E-state index contributed by atoms with van der Waals surface area (Å²) >= 11 is 4.54. The van der Waals surface area contributed by atoms with Crippen LogP contribution in [0.25, 0.3) is 0 Å². The van der Waals surface area contributed by atoms with Gasteiger partial charge in [0.15, 0.2) is 0 Å². The Hall–Kier alpha value is -1.47. The van der Waals surface area contributed by atoms with Gasteiger partial charge in [-0.2, -0.15) is 0 Å². The van der Waals surface area contributed by atoms with Crippen molar-refractivity contribution in [3.8, 4) is 0 Å². The van der Waals surface area contributed by atoms with Crippen molar-refractivity contribution in [2.45, 2.75) is 26.4 Å². The van der Waals surface area contributed by atoms with Crippen molar-refractivity contribution >= 4 is 44.2 Å². The zero-order valence-electron chi connectivity index (χ0n) is 11.8. The second-order valence-corrected chi connectivity index (χ2v) is 6.89. The van der Waals surface area contributed by atoms with Crippen molar-refractivity contribution in [3.63, 3.8) is 0 Å². The SMILES string of the molecule is CC(C)(C)OC(=O)N(c1ccc(F)cc1)c1nc(Br)cs1. The summed E-state index contributed by atoms with van der Waals surface area (Å²) in [5.74, 6) is -0.372. The Bertz CT molecular complexity index is 637. The number of amides is 1. The number of anilines is 2. The van der Waals surface area contributed by atoms with Gasteiger partial charge in [0, 0.05) is 5.38 Å². The van der Waals surface area contributed by atoms with Gasteiger partial charge < -0.3 is 4.74 Å². The molecule has 0 saturated carbocycles. The number of nitrogens with zero attached hydrogens (tertiary/aromatic N) is 2. The van der Waals surface area contributed by atoms with E-state index in [1.54, 1.807) is 26.2 Å². The van der Waals surface area contributed by atoms with Crippen LogP contribution in [0.4, 0.5) is 20.0 Å². The van der Waals surface area contributed by atoms with Gasteiger partial charge in [0.1, 0.15) is 16.0 Å². The normalized spacial score (nSPS) is 11.3. The molecule has 1 aromatic carbocycles. The summed E-state index contributed by atoms with van der Waals surface area (Å²) < 4.78 is 19.1. The molecule has 4 nitrogen and oxygen atoms in total. The number of benzene rings is 1. The average Bonchev–Trinajstić information content (AvgIpc) is 2.76. The molecule has 0 bridgehead atoms. The summed E-state index contributed by atoms with van der Waals surface area (Å²) in [7, 11) is 0. The van der Waals surface area contributed by atoms with E-state index in [0.717, 1.165) is 0 Å². The molecule has 112 valence electrons. The number of hydrogen-bond acceptors (Lipinski definition) is 4. The van der Waals surface area contributed by atoms with E-state index in [4.69, 9.17) is 4.74 Å². The smallest absolute Gasteiger partial charge is 0.421 e. The van der Waals surface area contributed by atoms with E-state index in [-0.39, 0.29) is 5.82 Å². The highest BCUT2D eigenvalue weighted by Crippen LogP contribution is 2.31. The molecule has 1 heterocycles. The molecule has 21 heavy (non-hydrogen) atoms. The number of halogens is 2. The Morgan fingerprint density at radius 2 is 1.95 bits per heavy atom. The van der Waals surface area contributed by atoms with Crippen LogP contribution in [0.1, 0.15) is 20.8 Å². The molecule has 1 aromatic heterocycles. The number of hydrogen-bond donors (Lipinski definition) is 0. The summed E-state index contributed by atoms with van der Waals surface area (Å²) in [5, 5.41) is 2.21. The number of ether oxygens (including phenoxy) is 1. The Morgan fingerprint density at radius 1 is 1.33 bits per heavy atom. The topological polar surface area (TPSA) is 42.4 Å². The first-order chi connectivity index (χ1) is 9.76. The molecule has 1 amide bonds. The van der Waals surface area contributed by atoms with Gasteiger partial charge in [-0.25, -0.2) is 19.1 Å². The lowest BCUT2D eigenvalue weighted by atomic mass is 10.2. The lowest BCUT2D eigenvalue weighted by Gasteiger charge is -2.25. The van der Waals surface area contributed by atoms with Crippen LogP contribution in [0.2, 0.25) is 0 Å². The first-order valence-electron chi connectivity index (χ1n) is 6.16. The largest absolute Gasteiger partial charge is 0.443 e. The van der Waals surface area contributed by atoms with Crippen molar-refractivity contribution in [1.82, 2.24) is 4.98 Å². The third-order valence-corrected chi connectivity index (χ3v) is 3.85. The molecule has 2 aromatic rings. The lowest BCUT2D eigenvalue weighted by molar-refractivity contribution is 0.0599. The average molecular weight is 373 g/mol. The summed E-state index contributed by atoms with van der Waals surface area (Å²) in [4.78, 5) is 18.0. The third kappa shape index (κ3) is 4.25. The van der Waals surface area contributed by atoms with E-state index >= 15 is 0 Å². The van der Waals surface area contributed by atoms with Gasteiger partial charge in [-0.15, -0.1) is 11.3 Å². The van der Waals surface area contributed by atoms with Crippen LogP contribution in [0, 0.1) is 5.82 Å². The first-order valence-corrected chi connectivity index (χ1v) is 7.83. The Labute approximate surface area is 134 Å². The summed E-state index contributed by atoms with van der Waals surface area (Å²) in [6.07, 6.45) is -0.559. The van der Waals surface area contributed by atoms with Crippen LogP contribution in [0.15, 0.2) is 34.2 Å². The van der Waals surface area contributed by atoms with Crippen LogP contribution in [0.5, 0.6) is 0 Å². The number of thiazole rings is 1. The van der Waals surface area contributed by atoms with Crippen LogP contribution in [-0.4, -0.2) is 16.7 Å². The monoisotopic (exact) mass is 372 g/mol. The zero-order valence-corrected chi connectivity index (χ0v) is 14.2. The van der Waals surface area contributed by atoms with Gasteiger partial charge >= 0.3 is 6.09 Å². The van der Waals surface area contributed by atoms with Crippen LogP contribution >= 0.6 is 27.3 Å². The van der Waals surface area contributed by atoms with E-state index in [0.29, 0.717) is 15.4 Å². The molecule has 0 atom stereocenters. The molecule has 7 heteroatoms. The van der Waals surface area contributed by atoms with E-state index in [1.807, 2.05) is 0 Å². The molecule has 0 fully saturated rings. The minimum atomic E-state index is -0.635. The Morgan fingerprint density at radius 3 is 2.43 bits per heavy atom. The second kappa shape index (κ2) is 6.11. The molecule has 0 saturated heterocycles. The van der Waals surface area contributed by atoms with Crippen LogP contribution in [-0.2, 0) is 4.74 Å². The van der Waals surface area contributed by atoms with Crippen molar-refractivity contribution < 1.29 is 13.9 Å². The van der Waals surface area contributed by atoms with Gasteiger partial charge in [-0.1, -0.05) is 0 Å². The molecule has 2 rings (SSSR count). The van der Waals surface area contributed by atoms with Gasteiger partial charge in [-0.05, 0) is 61.0 Å². The molecular formula is C14H14BrFN2O2S. The maximum Gasteiger partial charge on any atom is 0.421 e. The number of rotatable bonds is 2. The fourth-order valence-corrected chi connectivity index (χ4v) is 2.80. The van der Waals surface area contributed by atoms with Crippen molar-refractivity contribution in [2.24, 2.45) is 0 Å². The van der Waals surface area contributed by atoms with E-state index < -0.39 is 11.7 Å². The molecule has 0 aliphatic rings. The van der Waals surface area contributed by atoms with Gasteiger partial charge in [-0.3, -0.25) is 0 Å². The summed E-state index contributed by atoms with van der Waals surface area (Å²) in [6, 6.07) is 5.59. The molecule has 0 spiro atoms. The predicted molar refractivity (Wildman–Crippen MR) is 84.6 cm³/mol. The fraction of sp³-hybridized carbons (Fsp3) is 0.286. The highest BCUT2D eigenvalue weighted by Gasteiger charge is 2.27. The molecule has 0 aliphatic heterocycles. The molecular weight excluding hydrogens is 359 g/mol. The van der Waals surface area contributed by atoms with Crippen molar-refractivity contribution in [1.29, 1.82) is 0 Å². The van der Waals surface area contributed by atoms with E-state index in [9.17, 15) is 9.18 Å². The van der Waals surface area contributed by atoms with Gasteiger partial charge in [0.05, 0.1) is 5.69 Å². The van der Waals surface area contributed by atoms with Crippen molar-refractivity contribution in [3.05, 3.63) is 40.1 Å². The minimum absolute atomic E-state index is 0.372. The predicted octanol–water partition coefficient (Wildman–Crippen LogP) is 5.12. The Kier molecular flexibility index (Phi) is 4.63. The lowest BCUT2D eigenvalue weighted by Crippen LogP contribution is -2.33. The Balaban J connectivity index is 2.39. The molecule has 0 unspecified atom stereocenters. The number of aromatic nitrogens is 1. The summed E-state index contributed by atoms with van der Waals surface area (Å²) in [5.41, 5.74) is -0.142. The van der Waals surface area contributed by atoms with E-state index in [1.165, 1.54) is 40.5 Å². The third-order valence-electron chi connectivity index (χ3n) is 2.32. The maximum atomic E-state index is 13.1. The van der Waals surface area contributed by atoms with Gasteiger partial charge in [0.25, 0.3) is 0 Å². The van der Waals surface area contributed by atoms with Crippen molar-refractivity contribution in [2.75, 3.05) is 4.90 Å². The van der Waals surface area contributed by atoms with Gasteiger partial charge in [0.2, 0.25) is 5.13 Å².